The molecule has 20 heavy (non-hydrogen) atoms. The van der Waals surface area contributed by atoms with Gasteiger partial charge >= 0.3 is 5.97 Å². The number of hydrogen-bond acceptors (Lipinski definition) is 3. The van der Waals surface area contributed by atoms with Crippen molar-refractivity contribution in [3.63, 3.8) is 0 Å². The van der Waals surface area contributed by atoms with Crippen molar-refractivity contribution in [3.05, 3.63) is 35.4 Å². The summed E-state index contributed by atoms with van der Waals surface area (Å²) >= 11 is 0. The van der Waals surface area contributed by atoms with Crippen LogP contribution in [0.15, 0.2) is 29.8 Å². The molecule has 1 aromatic rings. The van der Waals surface area contributed by atoms with Crippen molar-refractivity contribution in [2.45, 2.75) is 32.6 Å². The zero-order chi connectivity index (χ0) is 14.8. The van der Waals surface area contributed by atoms with E-state index in [-0.39, 0.29) is 5.57 Å². The molecule has 0 unspecified atom stereocenters. The molecule has 0 bridgehead atoms. The Balaban J connectivity index is 2.52. The van der Waals surface area contributed by atoms with E-state index < -0.39 is 5.97 Å². The van der Waals surface area contributed by atoms with Gasteiger partial charge in [0.25, 0.3) is 0 Å². The standard InChI is InChI=1S/C16H19NO3/c1-2-3-4-5-10-20-15-8-6-13(7-9-15)11-14(12-17)16(18)19/h6-9,11H,2-5,10H2,1H3,(H,18,19). The van der Waals surface area contributed by atoms with Crippen LogP contribution in [0.3, 0.4) is 0 Å². The van der Waals surface area contributed by atoms with E-state index in [0.717, 1.165) is 12.2 Å². The summed E-state index contributed by atoms with van der Waals surface area (Å²) in [4.78, 5) is 10.7. The molecule has 1 aromatic carbocycles. The normalized spacial score (nSPS) is 10.9. The van der Waals surface area contributed by atoms with E-state index >= 15 is 0 Å². The fourth-order valence-corrected chi connectivity index (χ4v) is 1.69. The smallest absolute Gasteiger partial charge is 0.346 e. The van der Waals surface area contributed by atoms with Gasteiger partial charge in [0.1, 0.15) is 17.4 Å². The first kappa shape index (κ1) is 15.8. The molecule has 0 amide bonds. The SMILES string of the molecule is CCCCCCOc1ccc(C=C(C#N)C(=O)O)cc1. The molecule has 0 radical (unpaired) electrons. The minimum absolute atomic E-state index is 0.279. The summed E-state index contributed by atoms with van der Waals surface area (Å²) in [7, 11) is 0. The second-order valence-electron chi connectivity index (χ2n) is 4.45. The summed E-state index contributed by atoms with van der Waals surface area (Å²) in [6.45, 7) is 2.85. The highest BCUT2D eigenvalue weighted by Gasteiger charge is 2.05. The summed E-state index contributed by atoms with van der Waals surface area (Å²) in [6, 6.07) is 8.68. The van der Waals surface area contributed by atoms with E-state index in [0.29, 0.717) is 12.2 Å². The maximum atomic E-state index is 10.7. The monoisotopic (exact) mass is 273 g/mol. The molecule has 0 aliphatic rings. The van der Waals surface area contributed by atoms with Crippen molar-refractivity contribution in [1.29, 1.82) is 5.26 Å². The average molecular weight is 273 g/mol. The number of benzene rings is 1. The molecule has 0 spiro atoms. The summed E-state index contributed by atoms with van der Waals surface area (Å²) in [6.07, 6.45) is 5.97. The van der Waals surface area contributed by atoms with Crippen LogP contribution in [-0.2, 0) is 4.79 Å². The first-order valence-electron chi connectivity index (χ1n) is 6.75. The van der Waals surface area contributed by atoms with Crippen molar-refractivity contribution in [3.8, 4) is 11.8 Å². The molecule has 0 aliphatic heterocycles. The second kappa shape index (κ2) is 8.76. The van der Waals surface area contributed by atoms with E-state index in [4.69, 9.17) is 15.1 Å². The number of ether oxygens (including phenoxy) is 1. The first-order valence-corrected chi connectivity index (χ1v) is 6.75. The van der Waals surface area contributed by atoms with Gasteiger partial charge in [-0.1, -0.05) is 38.3 Å². The maximum Gasteiger partial charge on any atom is 0.346 e. The van der Waals surface area contributed by atoms with Gasteiger partial charge in [0.15, 0.2) is 0 Å². The minimum Gasteiger partial charge on any atom is -0.494 e. The molecule has 0 saturated carbocycles. The van der Waals surface area contributed by atoms with Crippen LogP contribution in [0.2, 0.25) is 0 Å². The number of carboxylic acid groups (broad SMARTS) is 1. The van der Waals surface area contributed by atoms with Crippen LogP contribution >= 0.6 is 0 Å². The topological polar surface area (TPSA) is 70.3 Å². The number of unbranched alkanes of at least 4 members (excludes halogenated alkanes) is 3. The molecule has 106 valence electrons. The Hall–Kier alpha value is -2.28. The van der Waals surface area contributed by atoms with Gasteiger partial charge < -0.3 is 9.84 Å². The zero-order valence-electron chi connectivity index (χ0n) is 11.6. The molecule has 4 nitrogen and oxygen atoms in total. The third-order valence-corrected chi connectivity index (χ3v) is 2.81. The van der Waals surface area contributed by atoms with Crippen molar-refractivity contribution >= 4 is 12.0 Å². The Morgan fingerprint density at radius 2 is 2.00 bits per heavy atom. The lowest BCUT2D eigenvalue weighted by molar-refractivity contribution is -0.132. The molecule has 0 saturated heterocycles. The number of carboxylic acids is 1. The van der Waals surface area contributed by atoms with Gasteiger partial charge in [0.2, 0.25) is 0 Å². The highest BCUT2D eigenvalue weighted by atomic mass is 16.5. The quantitative estimate of drug-likeness (QED) is 0.446. The Bertz CT molecular complexity index is 497. The van der Waals surface area contributed by atoms with Gasteiger partial charge in [-0.3, -0.25) is 0 Å². The molecular formula is C16H19NO3. The van der Waals surface area contributed by atoms with E-state index in [9.17, 15) is 4.79 Å². The number of nitriles is 1. The maximum absolute atomic E-state index is 10.7. The predicted molar refractivity (Wildman–Crippen MR) is 77.3 cm³/mol. The third kappa shape index (κ3) is 5.57. The molecule has 0 atom stereocenters. The Labute approximate surface area is 119 Å². The van der Waals surface area contributed by atoms with E-state index in [1.54, 1.807) is 30.3 Å². The summed E-state index contributed by atoms with van der Waals surface area (Å²) < 4.78 is 5.58. The van der Waals surface area contributed by atoms with Crippen LogP contribution in [0.25, 0.3) is 6.08 Å². The van der Waals surface area contributed by atoms with Crippen molar-refractivity contribution in [1.82, 2.24) is 0 Å². The Morgan fingerprint density at radius 1 is 1.30 bits per heavy atom. The van der Waals surface area contributed by atoms with E-state index in [1.807, 2.05) is 0 Å². The van der Waals surface area contributed by atoms with E-state index in [1.165, 1.54) is 25.3 Å². The third-order valence-electron chi connectivity index (χ3n) is 2.81. The van der Waals surface area contributed by atoms with Gasteiger partial charge in [-0.15, -0.1) is 0 Å². The van der Waals surface area contributed by atoms with Gasteiger partial charge in [0.05, 0.1) is 6.61 Å². The predicted octanol–water partition coefficient (Wildman–Crippen LogP) is 3.64. The Kier molecular flexibility index (Phi) is 6.91. The highest BCUT2D eigenvalue weighted by molar-refractivity contribution is 5.96. The molecule has 1 rings (SSSR count). The van der Waals surface area contributed by atoms with E-state index in [2.05, 4.69) is 6.92 Å². The van der Waals surface area contributed by atoms with Crippen molar-refractivity contribution < 1.29 is 14.6 Å². The number of hydrogen-bond donors (Lipinski definition) is 1. The van der Waals surface area contributed by atoms with Crippen LogP contribution in [0, 0.1) is 11.3 Å². The number of carbonyl (C=O) groups is 1. The van der Waals surface area contributed by atoms with Crippen molar-refractivity contribution in [2.75, 3.05) is 6.61 Å². The summed E-state index contributed by atoms with van der Waals surface area (Å²) in [5, 5.41) is 17.4. The second-order valence-corrected chi connectivity index (χ2v) is 4.45. The molecule has 0 aliphatic carbocycles. The Morgan fingerprint density at radius 3 is 2.55 bits per heavy atom. The van der Waals surface area contributed by atoms with Crippen LogP contribution in [0.5, 0.6) is 5.75 Å². The first-order chi connectivity index (χ1) is 9.67. The van der Waals surface area contributed by atoms with Crippen molar-refractivity contribution in [2.24, 2.45) is 0 Å². The number of nitrogens with zero attached hydrogens (tertiary/aromatic N) is 1. The van der Waals surface area contributed by atoms with Gasteiger partial charge in [-0.2, -0.15) is 5.26 Å². The van der Waals surface area contributed by atoms with Crippen LogP contribution in [0.1, 0.15) is 38.2 Å². The van der Waals surface area contributed by atoms with Gasteiger partial charge in [-0.25, -0.2) is 4.79 Å². The molecular weight excluding hydrogens is 254 g/mol. The fraction of sp³-hybridized carbons (Fsp3) is 0.375. The number of aliphatic carboxylic acids is 1. The summed E-state index contributed by atoms with van der Waals surface area (Å²) in [5.74, 6) is -0.462. The largest absolute Gasteiger partial charge is 0.494 e. The van der Waals surface area contributed by atoms with Crippen LogP contribution in [0.4, 0.5) is 0 Å². The fourth-order valence-electron chi connectivity index (χ4n) is 1.69. The molecule has 0 aromatic heterocycles. The van der Waals surface area contributed by atoms with Gasteiger partial charge in [-0.05, 0) is 30.2 Å². The minimum atomic E-state index is -1.22. The molecule has 4 heteroatoms. The summed E-state index contributed by atoms with van der Waals surface area (Å²) in [5.41, 5.74) is 0.389. The number of rotatable bonds is 8. The van der Waals surface area contributed by atoms with Gasteiger partial charge in [0, 0.05) is 0 Å². The van der Waals surface area contributed by atoms with Crippen LogP contribution in [-0.4, -0.2) is 17.7 Å². The average Bonchev–Trinajstić information content (AvgIpc) is 2.45. The molecule has 1 N–H and O–H groups in total. The lowest BCUT2D eigenvalue weighted by atomic mass is 10.1. The lowest BCUT2D eigenvalue weighted by Gasteiger charge is -2.06. The zero-order valence-corrected chi connectivity index (χ0v) is 11.6. The molecule has 0 fully saturated rings. The highest BCUT2D eigenvalue weighted by Crippen LogP contribution is 2.15. The lowest BCUT2D eigenvalue weighted by Crippen LogP contribution is -1.98. The van der Waals surface area contributed by atoms with Crippen LogP contribution < -0.4 is 4.74 Å². The molecule has 0 heterocycles.